The van der Waals surface area contributed by atoms with Crippen LogP contribution in [0.2, 0.25) is 0 Å². The molecule has 1 heterocycles. The number of aromatic amines is 1. The molecule has 0 fully saturated rings. The summed E-state index contributed by atoms with van der Waals surface area (Å²) in [5, 5.41) is 6.50. The zero-order valence-corrected chi connectivity index (χ0v) is 9.67. The zero-order valence-electron chi connectivity index (χ0n) is 9.67. The summed E-state index contributed by atoms with van der Waals surface area (Å²) in [4.78, 5) is 10.5. The second-order valence-corrected chi connectivity index (χ2v) is 3.96. The van der Waals surface area contributed by atoms with Gasteiger partial charge in [-0.3, -0.25) is 9.89 Å². The average Bonchev–Trinajstić information content (AvgIpc) is 2.85. The molecular weight excluding hydrogens is 235 g/mol. The summed E-state index contributed by atoms with van der Waals surface area (Å²) >= 11 is 0. The van der Waals surface area contributed by atoms with Gasteiger partial charge in [-0.05, 0) is 17.2 Å². The highest BCUT2D eigenvalue weighted by atomic mass is 19.1. The molecule has 0 aliphatic carbocycles. The highest BCUT2D eigenvalue weighted by Gasteiger charge is 2.14. The molecule has 0 amide bonds. The van der Waals surface area contributed by atoms with Gasteiger partial charge in [-0.1, -0.05) is 18.2 Å². The van der Waals surface area contributed by atoms with E-state index in [4.69, 9.17) is 4.74 Å². The first-order valence-corrected chi connectivity index (χ1v) is 5.59. The Kier molecular flexibility index (Phi) is 4.06. The van der Waals surface area contributed by atoms with Gasteiger partial charge >= 0.3 is 0 Å². The van der Waals surface area contributed by atoms with Gasteiger partial charge < -0.3 is 4.74 Å². The van der Waals surface area contributed by atoms with Crippen LogP contribution in [-0.2, 0) is 22.4 Å². The molecule has 4 nitrogen and oxygen atoms in total. The molecule has 1 atom stereocenters. The van der Waals surface area contributed by atoms with Crippen LogP contribution in [0.15, 0.2) is 36.7 Å². The average molecular weight is 248 g/mol. The number of rotatable bonds is 6. The van der Waals surface area contributed by atoms with Crippen molar-refractivity contribution in [3.63, 3.8) is 0 Å². The SMILES string of the molecule is O=COC(Cc1cn[nH]c1)Cc1ccccc1F. The van der Waals surface area contributed by atoms with Crippen molar-refractivity contribution in [1.82, 2.24) is 10.2 Å². The largest absolute Gasteiger partial charge is 0.464 e. The third-order valence-electron chi connectivity index (χ3n) is 2.67. The van der Waals surface area contributed by atoms with E-state index in [9.17, 15) is 9.18 Å². The van der Waals surface area contributed by atoms with Crippen molar-refractivity contribution < 1.29 is 13.9 Å². The zero-order chi connectivity index (χ0) is 12.8. The fraction of sp³-hybridized carbons (Fsp3) is 0.231. The molecule has 18 heavy (non-hydrogen) atoms. The summed E-state index contributed by atoms with van der Waals surface area (Å²) in [5.41, 5.74) is 1.45. The van der Waals surface area contributed by atoms with Crippen molar-refractivity contribution >= 4 is 6.47 Å². The van der Waals surface area contributed by atoms with E-state index in [2.05, 4.69) is 10.2 Å². The van der Waals surface area contributed by atoms with E-state index < -0.39 is 6.10 Å². The molecule has 1 aromatic heterocycles. The van der Waals surface area contributed by atoms with Gasteiger partial charge in [0.1, 0.15) is 11.9 Å². The Bertz CT molecular complexity index is 499. The minimum Gasteiger partial charge on any atom is -0.464 e. The van der Waals surface area contributed by atoms with E-state index in [1.165, 1.54) is 6.07 Å². The van der Waals surface area contributed by atoms with E-state index in [-0.39, 0.29) is 5.82 Å². The maximum atomic E-state index is 13.5. The second kappa shape index (κ2) is 5.95. The molecule has 5 heteroatoms. The molecule has 1 N–H and O–H groups in total. The molecule has 0 saturated heterocycles. The minimum atomic E-state index is -0.392. The van der Waals surface area contributed by atoms with Crippen LogP contribution in [0.5, 0.6) is 0 Å². The van der Waals surface area contributed by atoms with E-state index in [0.717, 1.165) is 5.56 Å². The van der Waals surface area contributed by atoms with Crippen molar-refractivity contribution in [2.75, 3.05) is 0 Å². The number of halogens is 1. The molecule has 1 unspecified atom stereocenters. The van der Waals surface area contributed by atoms with Gasteiger partial charge in [0.25, 0.3) is 6.47 Å². The van der Waals surface area contributed by atoms with E-state index in [1.54, 1.807) is 30.6 Å². The van der Waals surface area contributed by atoms with Crippen molar-refractivity contribution in [2.45, 2.75) is 18.9 Å². The molecule has 0 saturated carbocycles. The summed E-state index contributed by atoms with van der Waals surface area (Å²) in [7, 11) is 0. The highest BCUT2D eigenvalue weighted by Crippen LogP contribution is 2.13. The van der Waals surface area contributed by atoms with Crippen molar-refractivity contribution in [2.24, 2.45) is 0 Å². The van der Waals surface area contributed by atoms with Crippen LogP contribution in [-0.4, -0.2) is 22.8 Å². The quantitative estimate of drug-likeness (QED) is 0.794. The van der Waals surface area contributed by atoms with Gasteiger partial charge in [-0.25, -0.2) is 4.39 Å². The third-order valence-corrected chi connectivity index (χ3v) is 2.67. The molecule has 0 radical (unpaired) electrons. The van der Waals surface area contributed by atoms with Crippen LogP contribution in [0.3, 0.4) is 0 Å². The number of hydrogen-bond donors (Lipinski definition) is 1. The molecule has 1 aromatic carbocycles. The summed E-state index contributed by atoms with van der Waals surface area (Å²) in [6.07, 6.45) is 3.84. The van der Waals surface area contributed by atoms with Crippen LogP contribution in [0, 0.1) is 5.82 Å². The number of nitrogens with one attached hydrogen (secondary N) is 1. The first-order valence-electron chi connectivity index (χ1n) is 5.59. The number of ether oxygens (including phenoxy) is 1. The predicted octanol–water partition coefficient (Wildman–Crippen LogP) is 1.88. The predicted molar refractivity (Wildman–Crippen MR) is 63.3 cm³/mol. The molecule has 94 valence electrons. The van der Waals surface area contributed by atoms with Crippen molar-refractivity contribution in [3.05, 3.63) is 53.6 Å². The topological polar surface area (TPSA) is 55.0 Å². The number of hydrogen-bond acceptors (Lipinski definition) is 3. The molecule has 0 aliphatic rings. The lowest BCUT2D eigenvalue weighted by Crippen LogP contribution is -2.19. The van der Waals surface area contributed by atoms with Crippen molar-refractivity contribution in [3.8, 4) is 0 Å². The van der Waals surface area contributed by atoms with Crippen LogP contribution in [0.4, 0.5) is 4.39 Å². The maximum absolute atomic E-state index is 13.5. The lowest BCUT2D eigenvalue weighted by Gasteiger charge is -2.14. The van der Waals surface area contributed by atoms with Crippen LogP contribution in [0.1, 0.15) is 11.1 Å². The Morgan fingerprint density at radius 2 is 2.22 bits per heavy atom. The Hall–Kier alpha value is -2.17. The van der Waals surface area contributed by atoms with Crippen LogP contribution >= 0.6 is 0 Å². The van der Waals surface area contributed by atoms with E-state index in [1.807, 2.05) is 0 Å². The summed E-state index contributed by atoms with van der Waals surface area (Å²) in [6.45, 7) is 0.394. The normalized spacial score (nSPS) is 12.1. The number of nitrogens with zero attached hydrogens (tertiary/aromatic N) is 1. The first-order chi connectivity index (χ1) is 8.79. The van der Waals surface area contributed by atoms with E-state index >= 15 is 0 Å². The second-order valence-electron chi connectivity index (χ2n) is 3.96. The monoisotopic (exact) mass is 248 g/mol. The summed E-state index contributed by atoms with van der Waals surface area (Å²) in [5.74, 6) is -0.288. The molecule has 0 aliphatic heterocycles. The fourth-order valence-electron chi connectivity index (χ4n) is 1.81. The number of carbonyl (C=O) groups is 1. The van der Waals surface area contributed by atoms with Crippen LogP contribution < -0.4 is 0 Å². The number of carbonyl (C=O) groups excluding carboxylic acids is 1. The summed E-state index contributed by atoms with van der Waals surface area (Å²) in [6, 6.07) is 6.47. The number of aromatic nitrogens is 2. The van der Waals surface area contributed by atoms with Gasteiger partial charge in [0.2, 0.25) is 0 Å². The van der Waals surface area contributed by atoms with Gasteiger partial charge in [0.15, 0.2) is 0 Å². The number of H-pyrrole nitrogens is 1. The lowest BCUT2D eigenvalue weighted by molar-refractivity contribution is -0.133. The molecular formula is C13H13FN2O2. The third kappa shape index (κ3) is 3.16. The number of benzene rings is 1. The van der Waals surface area contributed by atoms with Gasteiger partial charge in [0, 0.05) is 19.0 Å². The standard InChI is InChI=1S/C13H13FN2O2/c14-13-4-2-1-3-11(13)6-12(18-9-17)5-10-7-15-16-8-10/h1-4,7-9,12H,5-6H2,(H,15,16). The lowest BCUT2D eigenvalue weighted by atomic mass is 10.0. The molecule has 2 rings (SSSR count). The first kappa shape index (κ1) is 12.3. The Balaban J connectivity index is 2.06. The van der Waals surface area contributed by atoms with Gasteiger partial charge in [-0.2, -0.15) is 5.10 Å². The van der Waals surface area contributed by atoms with Crippen LogP contribution in [0.25, 0.3) is 0 Å². The molecule has 0 bridgehead atoms. The fourth-order valence-corrected chi connectivity index (χ4v) is 1.81. The molecule has 0 spiro atoms. The van der Waals surface area contributed by atoms with Gasteiger partial charge in [0.05, 0.1) is 6.20 Å². The Morgan fingerprint density at radius 3 is 2.89 bits per heavy atom. The van der Waals surface area contributed by atoms with Crippen molar-refractivity contribution in [1.29, 1.82) is 0 Å². The summed E-state index contributed by atoms with van der Waals surface area (Å²) < 4.78 is 18.5. The minimum absolute atomic E-state index is 0.288. The molecule has 2 aromatic rings. The van der Waals surface area contributed by atoms with Gasteiger partial charge in [-0.15, -0.1) is 0 Å². The Labute approximate surface area is 104 Å². The van der Waals surface area contributed by atoms with E-state index in [0.29, 0.717) is 24.9 Å². The maximum Gasteiger partial charge on any atom is 0.293 e. The smallest absolute Gasteiger partial charge is 0.293 e. The highest BCUT2D eigenvalue weighted by molar-refractivity contribution is 5.38. The Morgan fingerprint density at radius 1 is 1.39 bits per heavy atom.